The van der Waals surface area contributed by atoms with Crippen LogP contribution in [-0.4, -0.2) is 11.4 Å². The van der Waals surface area contributed by atoms with Crippen LogP contribution in [0.3, 0.4) is 0 Å². The molecule has 3 aliphatic rings. The minimum absolute atomic E-state index is 0.646. The summed E-state index contributed by atoms with van der Waals surface area (Å²) in [4.78, 5) is 9.44. The SMILES string of the molecule is NC1=C(N=C2C=CC=CC2)C(N=C2C=CC=CC2)=C(N)CC1.Nc1ccccc1N. The average molecular weight is 401 g/mol. The molecule has 0 radical (unpaired) electrons. The Bertz CT molecular complexity index is 949. The third-order valence-electron chi connectivity index (χ3n) is 4.73. The van der Waals surface area contributed by atoms with E-state index in [9.17, 15) is 0 Å². The zero-order valence-corrected chi connectivity index (χ0v) is 17.0. The molecule has 0 fully saturated rings. The lowest BCUT2D eigenvalue weighted by Crippen LogP contribution is -2.16. The molecule has 3 aliphatic carbocycles. The zero-order chi connectivity index (χ0) is 21.3. The van der Waals surface area contributed by atoms with Crippen molar-refractivity contribution < 1.29 is 0 Å². The summed E-state index contributed by atoms with van der Waals surface area (Å²) in [5.74, 6) is 0. The molecule has 6 heteroatoms. The third-order valence-corrected chi connectivity index (χ3v) is 4.73. The molecule has 0 saturated heterocycles. The van der Waals surface area contributed by atoms with Crippen molar-refractivity contribution in [1.82, 2.24) is 0 Å². The number of rotatable bonds is 2. The molecule has 30 heavy (non-hydrogen) atoms. The Morgan fingerprint density at radius 1 is 0.600 bits per heavy atom. The van der Waals surface area contributed by atoms with Crippen molar-refractivity contribution in [2.75, 3.05) is 11.5 Å². The number of para-hydroxylation sites is 2. The van der Waals surface area contributed by atoms with Crippen LogP contribution in [0.1, 0.15) is 25.7 Å². The standard InChI is InChI=1S/C18H20N4.C6H8N2/c19-15-11-12-16(20)18(22-14-9-5-2-6-10-14)17(15)21-13-7-3-1-4-8-13;7-5-3-1-2-4-6(5)8/h1-7,9H,8,10-12,19-20H2;1-4H,7-8H2. The number of nitrogen functional groups attached to an aromatic ring is 2. The highest BCUT2D eigenvalue weighted by Gasteiger charge is 2.19. The second kappa shape index (κ2) is 10.1. The van der Waals surface area contributed by atoms with E-state index in [0.29, 0.717) is 11.4 Å². The van der Waals surface area contributed by atoms with E-state index in [1.807, 2.05) is 48.6 Å². The molecular formula is C24H28N6. The number of allylic oxidation sites excluding steroid dienone is 10. The first-order chi connectivity index (χ1) is 14.5. The lowest BCUT2D eigenvalue weighted by molar-refractivity contribution is 0.829. The summed E-state index contributed by atoms with van der Waals surface area (Å²) >= 11 is 0. The van der Waals surface area contributed by atoms with Crippen LogP contribution in [0.4, 0.5) is 11.4 Å². The summed E-state index contributed by atoms with van der Waals surface area (Å²) in [7, 11) is 0. The Hall–Kier alpha value is -3.80. The second-order valence-corrected chi connectivity index (χ2v) is 7.07. The van der Waals surface area contributed by atoms with E-state index in [1.165, 1.54) is 0 Å². The fourth-order valence-electron chi connectivity index (χ4n) is 3.03. The van der Waals surface area contributed by atoms with Crippen LogP contribution in [0.15, 0.2) is 106 Å². The van der Waals surface area contributed by atoms with E-state index in [4.69, 9.17) is 32.9 Å². The Balaban J connectivity index is 0.000000269. The Labute approximate surface area is 177 Å². The van der Waals surface area contributed by atoms with Crippen molar-refractivity contribution in [3.8, 4) is 0 Å². The van der Waals surface area contributed by atoms with Gasteiger partial charge in [0.1, 0.15) is 11.4 Å². The molecule has 0 heterocycles. The number of benzene rings is 1. The summed E-state index contributed by atoms with van der Waals surface area (Å²) in [6, 6.07) is 7.25. The lowest BCUT2D eigenvalue weighted by Gasteiger charge is -2.19. The van der Waals surface area contributed by atoms with E-state index in [1.54, 1.807) is 12.1 Å². The summed E-state index contributed by atoms with van der Waals surface area (Å²) in [5, 5.41) is 0. The molecule has 0 aromatic heterocycles. The number of aliphatic imine (C=N–C) groups is 2. The van der Waals surface area contributed by atoms with Crippen molar-refractivity contribution in [2.24, 2.45) is 21.5 Å². The van der Waals surface area contributed by atoms with E-state index in [-0.39, 0.29) is 0 Å². The molecule has 4 rings (SSSR count). The van der Waals surface area contributed by atoms with Gasteiger partial charge in [0, 0.05) is 35.7 Å². The number of nitrogens with two attached hydrogens (primary N) is 4. The molecule has 0 aliphatic heterocycles. The highest BCUT2D eigenvalue weighted by Crippen LogP contribution is 2.29. The van der Waals surface area contributed by atoms with E-state index < -0.39 is 0 Å². The van der Waals surface area contributed by atoms with Gasteiger partial charge in [0.25, 0.3) is 0 Å². The third kappa shape index (κ3) is 5.61. The Morgan fingerprint density at radius 3 is 1.37 bits per heavy atom. The van der Waals surface area contributed by atoms with Crippen LogP contribution >= 0.6 is 0 Å². The molecule has 0 atom stereocenters. The fraction of sp³-hybridized carbons (Fsp3) is 0.167. The van der Waals surface area contributed by atoms with Gasteiger partial charge in [-0.25, -0.2) is 9.98 Å². The number of nitrogens with zero attached hydrogens (tertiary/aromatic N) is 2. The predicted molar refractivity (Wildman–Crippen MR) is 128 cm³/mol. The quantitative estimate of drug-likeness (QED) is 0.561. The maximum atomic E-state index is 6.19. The van der Waals surface area contributed by atoms with Crippen molar-refractivity contribution in [2.45, 2.75) is 25.7 Å². The van der Waals surface area contributed by atoms with E-state index >= 15 is 0 Å². The van der Waals surface area contributed by atoms with Gasteiger partial charge >= 0.3 is 0 Å². The van der Waals surface area contributed by atoms with E-state index in [2.05, 4.69) is 12.2 Å². The highest BCUT2D eigenvalue weighted by molar-refractivity contribution is 5.99. The normalized spacial score (nSPS) is 20.7. The summed E-state index contributed by atoms with van der Waals surface area (Å²) in [6.45, 7) is 0. The number of hydrogen-bond donors (Lipinski definition) is 4. The maximum Gasteiger partial charge on any atom is 0.109 e. The molecule has 0 amide bonds. The maximum absolute atomic E-state index is 6.19. The monoisotopic (exact) mass is 400 g/mol. The van der Waals surface area contributed by atoms with Crippen molar-refractivity contribution in [1.29, 1.82) is 0 Å². The molecule has 154 valence electrons. The first kappa shape index (κ1) is 20.9. The Morgan fingerprint density at radius 2 is 1.03 bits per heavy atom. The van der Waals surface area contributed by atoms with Gasteiger partial charge in [-0.2, -0.15) is 0 Å². The van der Waals surface area contributed by atoms with Crippen molar-refractivity contribution in [3.63, 3.8) is 0 Å². The number of anilines is 2. The van der Waals surface area contributed by atoms with Crippen molar-refractivity contribution in [3.05, 3.63) is 95.7 Å². The second-order valence-electron chi connectivity index (χ2n) is 7.07. The van der Waals surface area contributed by atoms with Gasteiger partial charge in [-0.15, -0.1) is 0 Å². The summed E-state index contributed by atoms with van der Waals surface area (Å²) in [5.41, 5.74) is 29.4. The van der Waals surface area contributed by atoms with Crippen LogP contribution in [0.25, 0.3) is 0 Å². The molecule has 6 nitrogen and oxygen atoms in total. The molecule has 1 aromatic rings. The summed E-state index contributed by atoms with van der Waals surface area (Å²) in [6.07, 6.45) is 19.2. The van der Waals surface area contributed by atoms with Gasteiger partial charge in [-0.05, 0) is 37.1 Å². The predicted octanol–water partition coefficient (Wildman–Crippen LogP) is 3.89. The van der Waals surface area contributed by atoms with Gasteiger partial charge in [-0.1, -0.05) is 48.6 Å². The van der Waals surface area contributed by atoms with Gasteiger partial charge in [0.05, 0.1) is 11.4 Å². The lowest BCUT2D eigenvalue weighted by atomic mass is 10.0. The molecule has 0 saturated carbocycles. The number of hydrogen-bond acceptors (Lipinski definition) is 6. The van der Waals surface area contributed by atoms with Crippen LogP contribution in [-0.2, 0) is 0 Å². The van der Waals surface area contributed by atoms with Gasteiger partial charge < -0.3 is 22.9 Å². The summed E-state index contributed by atoms with van der Waals surface area (Å²) < 4.78 is 0. The highest BCUT2D eigenvalue weighted by atomic mass is 14.9. The smallest absolute Gasteiger partial charge is 0.109 e. The van der Waals surface area contributed by atoms with Gasteiger partial charge in [0.2, 0.25) is 0 Å². The molecule has 0 unspecified atom stereocenters. The molecule has 0 bridgehead atoms. The average Bonchev–Trinajstić information content (AvgIpc) is 2.77. The largest absolute Gasteiger partial charge is 0.400 e. The van der Waals surface area contributed by atoms with Crippen LogP contribution in [0.5, 0.6) is 0 Å². The topological polar surface area (TPSA) is 129 Å². The van der Waals surface area contributed by atoms with Crippen LogP contribution in [0, 0.1) is 0 Å². The van der Waals surface area contributed by atoms with Gasteiger partial charge in [0.15, 0.2) is 0 Å². The van der Waals surface area contributed by atoms with Crippen molar-refractivity contribution >= 4 is 22.8 Å². The Kier molecular flexibility index (Phi) is 7.05. The fourth-order valence-corrected chi connectivity index (χ4v) is 3.03. The van der Waals surface area contributed by atoms with Gasteiger partial charge in [-0.3, -0.25) is 0 Å². The molecular weight excluding hydrogens is 372 g/mol. The zero-order valence-electron chi connectivity index (χ0n) is 17.0. The molecule has 1 aromatic carbocycles. The minimum atomic E-state index is 0.646. The van der Waals surface area contributed by atoms with Crippen LogP contribution in [0.2, 0.25) is 0 Å². The van der Waals surface area contributed by atoms with E-state index in [0.717, 1.165) is 59.9 Å². The first-order valence-corrected chi connectivity index (χ1v) is 9.93. The minimum Gasteiger partial charge on any atom is -0.400 e. The van der Waals surface area contributed by atoms with Crippen LogP contribution < -0.4 is 22.9 Å². The molecule has 0 spiro atoms. The first-order valence-electron chi connectivity index (χ1n) is 9.93. The molecule has 8 N–H and O–H groups in total.